The molecule has 0 amide bonds. The van der Waals surface area contributed by atoms with Gasteiger partial charge in [0.2, 0.25) is 5.95 Å². The third kappa shape index (κ3) is 3.09. The molecule has 6 heteroatoms. The van der Waals surface area contributed by atoms with Crippen LogP contribution in [0.2, 0.25) is 0 Å². The lowest BCUT2D eigenvalue weighted by Gasteiger charge is -2.13. The fourth-order valence-electron chi connectivity index (χ4n) is 2.82. The summed E-state index contributed by atoms with van der Waals surface area (Å²) in [6.07, 6.45) is 0. The van der Waals surface area contributed by atoms with Crippen molar-refractivity contribution in [3.05, 3.63) is 72.5 Å². The van der Waals surface area contributed by atoms with Crippen molar-refractivity contribution in [1.29, 1.82) is 0 Å². The van der Waals surface area contributed by atoms with Crippen molar-refractivity contribution in [2.24, 2.45) is 0 Å². The van der Waals surface area contributed by atoms with Gasteiger partial charge in [0.15, 0.2) is 5.65 Å². The first-order valence-corrected chi connectivity index (χ1v) is 8.26. The van der Waals surface area contributed by atoms with Gasteiger partial charge in [-0.3, -0.25) is 0 Å². The van der Waals surface area contributed by atoms with Crippen LogP contribution in [0.15, 0.2) is 66.7 Å². The van der Waals surface area contributed by atoms with Crippen molar-refractivity contribution in [1.82, 2.24) is 14.6 Å². The lowest BCUT2D eigenvalue weighted by molar-refractivity contribution is 0.628. The van der Waals surface area contributed by atoms with Crippen LogP contribution in [-0.4, -0.2) is 28.7 Å². The molecule has 0 saturated heterocycles. The highest BCUT2D eigenvalue weighted by Gasteiger charge is 2.10. The van der Waals surface area contributed by atoms with Gasteiger partial charge in [-0.15, -0.1) is 5.10 Å². The third-order valence-electron chi connectivity index (χ3n) is 4.10. The Balaban J connectivity index is 1.75. The van der Waals surface area contributed by atoms with Crippen LogP contribution in [0.1, 0.15) is 0 Å². The van der Waals surface area contributed by atoms with E-state index in [1.165, 1.54) is 12.1 Å². The van der Waals surface area contributed by atoms with E-state index in [1.54, 1.807) is 16.6 Å². The van der Waals surface area contributed by atoms with E-state index in [1.807, 2.05) is 44.4 Å². The summed E-state index contributed by atoms with van der Waals surface area (Å²) in [4.78, 5) is 6.55. The molecule has 0 fully saturated rings. The zero-order valence-corrected chi connectivity index (χ0v) is 14.5. The molecule has 0 aliphatic heterocycles. The predicted octanol–water partition coefficient (Wildman–Crippen LogP) is 4.35. The lowest BCUT2D eigenvalue weighted by atomic mass is 10.1. The van der Waals surface area contributed by atoms with Crippen LogP contribution < -0.4 is 10.2 Å². The maximum absolute atomic E-state index is 13.4. The van der Waals surface area contributed by atoms with E-state index in [0.29, 0.717) is 11.6 Å². The number of hydrogen-bond acceptors (Lipinski definition) is 4. The summed E-state index contributed by atoms with van der Waals surface area (Å²) in [6.45, 7) is 0. The normalized spacial score (nSPS) is 10.9. The van der Waals surface area contributed by atoms with Crippen molar-refractivity contribution in [2.75, 3.05) is 24.3 Å². The molecule has 0 aliphatic carbocycles. The molecular weight excluding hydrogens is 329 g/mol. The molecule has 0 atom stereocenters. The molecule has 0 radical (unpaired) electrons. The number of anilines is 3. The Bertz CT molecular complexity index is 1070. The predicted molar refractivity (Wildman–Crippen MR) is 102 cm³/mol. The van der Waals surface area contributed by atoms with Crippen LogP contribution >= 0.6 is 0 Å². The molecule has 0 aliphatic rings. The summed E-state index contributed by atoms with van der Waals surface area (Å²) in [7, 11) is 4.02. The van der Waals surface area contributed by atoms with Crippen molar-refractivity contribution >= 4 is 23.0 Å². The van der Waals surface area contributed by atoms with Crippen molar-refractivity contribution in [3.8, 4) is 11.3 Å². The molecule has 0 bridgehead atoms. The zero-order chi connectivity index (χ0) is 18.1. The Kier molecular flexibility index (Phi) is 4.01. The first-order valence-electron chi connectivity index (χ1n) is 8.26. The second-order valence-corrected chi connectivity index (χ2v) is 6.20. The van der Waals surface area contributed by atoms with Crippen LogP contribution in [0, 0.1) is 5.82 Å². The fraction of sp³-hybridized carbons (Fsp3) is 0.100. The molecule has 26 heavy (non-hydrogen) atoms. The molecule has 0 saturated carbocycles. The fourth-order valence-corrected chi connectivity index (χ4v) is 2.82. The molecule has 1 N–H and O–H groups in total. The number of hydrogen-bond donors (Lipinski definition) is 1. The summed E-state index contributed by atoms with van der Waals surface area (Å²) in [5.41, 5.74) is 4.42. The Labute approximate surface area is 150 Å². The molecule has 4 rings (SSSR count). The lowest BCUT2D eigenvalue weighted by Crippen LogP contribution is -2.08. The largest absolute Gasteiger partial charge is 0.378 e. The van der Waals surface area contributed by atoms with Gasteiger partial charge in [-0.1, -0.05) is 24.3 Å². The van der Waals surface area contributed by atoms with Gasteiger partial charge < -0.3 is 10.2 Å². The molecule has 5 nitrogen and oxygen atoms in total. The smallest absolute Gasteiger partial charge is 0.247 e. The highest BCUT2D eigenvalue weighted by molar-refractivity contribution is 5.68. The number of nitrogens with one attached hydrogen (secondary N) is 1. The topological polar surface area (TPSA) is 45.5 Å². The van der Waals surface area contributed by atoms with E-state index >= 15 is 0 Å². The minimum absolute atomic E-state index is 0.306. The molecule has 2 aromatic heterocycles. The molecule has 0 spiro atoms. The van der Waals surface area contributed by atoms with Crippen LogP contribution in [0.3, 0.4) is 0 Å². The van der Waals surface area contributed by atoms with Gasteiger partial charge in [-0.2, -0.15) is 4.98 Å². The Morgan fingerprint density at radius 1 is 0.962 bits per heavy atom. The standard InChI is InChI=1S/C20H18FN5/c1-25(2)17-9-3-6-14(12-17)18-10-5-11-19-23-20(24-26(18)19)22-16-8-4-7-15(21)13-16/h3-13H,1-2H3,(H,22,24). The second-order valence-electron chi connectivity index (χ2n) is 6.20. The molecular formula is C20H18FN5. The summed E-state index contributed by atoms with van der Waals surface area (Å²) in [5.74, 6) is 0.117. The number of aromatic nitrogens is 3. The Morgan fingerprint density at radius 2 is 1.77 bits per heavy atom. The first kappa shape index (κ1) is 16.1. The Morgan fingerprint density at radius 3 is 2.58 bits per heavy atom. The SMILES string of the molecule is CN(C)c1cccc(-c2cccc3nc(Nc4cccc(F)c4)nn23)c1. The van der Waals surface area contributed by atoms with E-state index in [4.69, 9.17) is 0 Å². The summed E-state index contributed by atoms with van der Waals surface area (Å²) in [5, 5.41) is 7.60. The van der Waals surface area contributed by atoms with Gasteiger partial charge in [0, 0.05) is 31.0 Å². The summed E-state index contributed by atoms with van der Waals surface area (Å²) in [6, 6.07) is 20.3. The van der Waals surface area contributed by atoms with Crippen molar-refractivity contribution in [2.45, 2.75) is 0 Å². The van der Waals surface area contributed by atoms with Crippen LogP contribution in [0.4, 0.5) is 21.7 Å². The van der Waals surface area contributed by atoms with Crippen molar-refractivity contribution in [3.63, 3.8) is 0 Å². The van der Waals surface area contributed by atoms with Crippen molar-refractivity contribution < 1.29 is 4.39 Å². The monoisotopic (exact) mass is 347 g/mol. The zero-order valence-electron chi connectivity index (χ0n) is 14.5. The van der Waals surface area contributed by atoms with Crippen LogP contribution in [0.25, 0.3) is 16.9 Å². The number of nitrogens with zero attached hydrogens (tertiary/aromatic N) is 4. The molecule has 0 unspecified atom stereocenters. The van der Waals surface area contributed by atoms with Crippen LogP contribution in [-0.2, 0) is 0 Å². The van der Waals surface area contributed by atoms with E-state index < -0.39 is 0 Å². The number of rotatable bonds is 4. The quantitative estimate of drug-likeness (QED) is 0.596. The van der Waals surface area contributed by atoms with E-state index in [0.717, 1.165) is 22.6 Å². The summed E-state index contributed by atoms with van der Waals surface area (Å²) < 4.78 is 15.2. The van der Waals surface area contributed by atoms with E-state index in [9.17, 15) is 4.39 Å². The van der Waals surface area contributed by atoms with Gasteiger partial charge >= 0.3 is 0 Å². The maximum atomic E-state index is 13.4. The minimum Gasteiger partial charge on any atom is -0.378 e. The average molecular weight is 347 g/mol. The van der Waals surface area contributed by atoms with Gasteiger partial charge in [0.1, 0.15) is 5.82 Å². The second kappa shape index (κ2) is 6.48. The van der Waals surface area contributed by atoms with Gasteiger partial charge in [-0.05, 0) is 42.5 Å². The van der Waals surface area contributed by atoms with E-state index in [2.05, 4.69) is 32.4 Å². The highest BCUT2D eigenvalue weighted by Crippen LogP contribution is 2.25. The van der Waals surface area contributed by atoms with Crippen LogP contribution in [0.5, 0.6) is 0 Å². The molecule has 2 heterocycles. The summed E-state index contributed by atoms with van der Waals surface area (Å²) >= 11 is 0. The number of fused-ring (bicyclic) bond motifs is 1. The molecule has 130 valence electrons. The van der Waals surface area contributed by atoms with E-state index in [-0.39, 0.29) is 5.82 Å². The number of halogens is 1. The number of benzene rings is 2. The van der Waals surface area contributed by atoms with Gasteiger partial charge in [0.25, 0.3) is 0 Å². The molecule has 2 aromatic carbocycles. The van der Waals surface area contributed by atoms with Gasteiger partial charge in [0.05, 0.1) is 5.69 Å². The molecule has 4 aromatic rings. The minimum atomic E-state index is -0.306. The highest BCUT2D eigenvalue weighted by atomic mass is 19.1. The first-order chi connectivity index (χ1) is 12.6. The maximum Gasteiger partial charge on any atom is 0.247 e. The number of pyridine rings is 1. The average Bonchev–Trinajstić information content (AvgIpc) is 3.04. The van der Waals surface area contributed by atoms with Gasteiger partial charge in [-0.25, -0.2) is 8.91 Å². The Hall–Kier alpha value is -3.41. The third-order valence-corrected chi connectivity index (χ3v) is 4.10.